The van der Waals surface area contributed by atoms with Crippen molar-refractivity contribution in [1.82, 2.24) is 20.1 Å². The highest BCUT2D eigenvalue weighted by atomic mass is 19.1. The third-order valence-electron chi connectivity index (χ3n) is 4.52. The van der Waals surface area contributed by atoms with Gasteiger partial charge in [-0.2, -0.15) is 5.10 Å². The average Bonchev–Trinajstić information content (AvgIpc) is 3.19. The second-order valence-corrected chi connectivity index (χ2v) is 6.73. The first-order chi connectivity index (χ1) is 14.1. The maximum Gasteiger partial charge on any atom is 0.255 e. The van der Waals surface area contributed by atoms with Crippen LogP contribution in [-0.4, -0.2) is 20.7 Å². The molecular formula is C23H19FN4O. The van der Waals surface area contributed by atoms with Gasteiger partial charge in [0.25, 0.3) is 5.91 Å². The van der Waals surface area contributed by atoms with Gasteiger partial charge in [0.15, 0.2) is 0 Å². The molecule has 0 saturated carbocycles. The Bertz CT molecular complexity index is 1140. The fourth-order valence-electron chi connectivity index (χ4n) is 3.05. The summed E-state index contributed by atoms with van der Waals surface area (Å²) >= 11 is 0. The molecule has 1 amide bonds. The molecular weight excluding hydrogens is 367 g/mol. The molecule has 4 aromatic rings. The van der Waals surface area contributed by atoms with Gasteiger partial charge in [-0.05, 0) is 48.9 Å². The van der Waals surface area contributed by atoms with Crippen molar-refractivity contribution >= 4 is 5.91 Å². The van der Waals surface area contributed by atoms with E-state index in [1.807, 2.05) is 43.3 Å². The van der Waals surface area contributed by atoms with E-state index in [-0.39, 0.29) is 11.7 Å². The van der Waals surface area contributed by atoms with E-state index in [0.29, 0.717) is 23.5 Å². The predicted molar refractivity (Wildman–Crippen MR) is 109 cm³/mol. The van der Waals surface area contributed by atoms with Crippen LogP contribution in [0.25, 0.3) is 16.9 Å². The number of aryl methyl sites for hydroxylation is 1. The van der Waals surface area contributed by atoms with Gasteiger partial charge in [-0.3, -0.25) is 9.78 Å². The highest BCUT2D eigenvalue weighted by molar-refractivity contribution is 5.99. The Labute approximate surface area is 167 Å². The van der Waals surface area contributed by atoms with E-state index < -0.39 is 0 Å². The number of pyridine rings is 1. The molecule has 2 heterocycles. The summed E-state index contributed by atoms with van der Waals surface area (Å²) in [6.07, 6.45) is 5.07. The molecule has 6 heteroatoms. The molecule has 0 radical (unpaired) electrons. The normalized spacial score (nSPS) is 10.7. The fraction of sp³-hybridized carbons (Fsp3) is 0.0870. The number of carbonyl (C=O) groups is 1. The van der Waals surface area contributed by atoms with Gasteiger partial charge in [-0.1, -0.05) is 29.8 Å². The van der Waals surface area contributed by atoms with E-state index in [1.54, 1.807) is 35.4 Å². The van der Waals surface area contributed by atoms with Gasteiger partial charge in [0.2, 0.25) is 0 Å². The monoisotopic (exact) mass is 386 g/mol. The Morgan fingerprint density at radius 2 is 1.93 bits per heavy atom. The minimum Gasteiger partial charge on any atom is -0.348 e. The van der Waals surface area contributed by atoms with E-state index in [1.165, 1.54) is 12.1 Å². The first kappa shape index (κ1) is 18.6. The molecule has 0 bridgehead atoms. The Kier molecular flexibility index (Phi) is 5.16. The molecule has 5 nitrogen and oxygen atoms in total. The van der Waals surface area contributed by atoms with Crippen LogP contribution in [0, 0.1) is 12.7 Å². The molecule has 29 heavy (non-hydrogen) atoms. The van der Waals surface area contributed by atoms with Crippen molar-refractivity contribution in [3.63, 3.8) is 0 Å². The Morgan fingerprint density at radius 3 is 2.66 bits per heavy atom. The highest BCUT2D eigenvalue weighted by Gasteiger charge is 2.19. The second kappa shape index (κ2) is 8.06. The molecule has 0 atom stereocenters. The van der Waals surface area contributed by atoms with Crippen molar-refractivity contribution in [2.45, 2.75) is 13.5 Å². The number of hydrogen-bond donors (Lipinski definition) is 1. The van der Waals surface area contributed by atoms with Crippen molar-refractivity contribution < 1.29 is 9.18 Å². The summed E-state index contributed by atoms with van der Waals surface area (Å²) in [5.41, 5.74) is 4.51. The molecule has 0 spiro atoms. The van der Waals surface area contributed by atoms with Gasteiger partial charge in [-0.15, -0.1) is 0 Å². The zero-order valence-corrected chi connectivity index (χ0v) is 15.8. The maximum atomic E-state index is 13.3. The molecule has 0 aliphatic rings. The lowest BCUT2D eigenvalue weighted by Gasteiger charge is -2.06. The third kappa shape index (κ3) is 4.21. The molecule has 2 aromatic heterocycles. The van der Waals surface area contributed by atoms with Crippen LogP contribution in [0.2, 0.25) is 0 Å². The number of nitrogens with one attached hydrogen (secondary N) is 1. The van der Waals surface area contributed by atoms with Crippen LogP contribution >= 0.6 is 0 Å². The summed E-state index contributed by atoms with van der Waals surface area (Å²) in [7, 11) is 0. The third-order valence-corrected chi connectivity index (χ3v) is 4.52. The van der Waals surface area contributed by atoms with Crippen molar-refractivity contribution in [3.05, 3.63) is 102 Å². The molecule has 0 fully saturated rings. The van der Waals surface area contributed by atoms with Crippen molar-refractivity contribution in [2.75, 3.05) is 0 Å². The number of nitrogens with zero attached hydrogens (tertiary/aromatic N) is 3. The Balaban J connectivity index is 1.70. The molecule has 144 valence electrons. The number of hydrogen-bond acceptors (Lipinski definition) is 3. The van der Waals surface area contributed by atoms with Crippen LogP contribution < -0.4 is 5.32 Å². The molecule has 0 aliphatic heterocycles. The zero-order chi connectivity index (χ0) is 20.2. The van der Waals surface area contributed by atoms with Crippen molar-refractivity contribution in [1.29, 1.82) is 0 Å². The quantitative estimate of drug-likeness (QED) is 0.556. The molecule has 0 saturated heterocycles. The lowest BCUT2D eigenvalue weighted by Crippen LogP contribution is -2.23. The van der Waals surface area contributed by atoms with Gasteiger partial charge in [0.05, 0.1) is 11.3 Å². The maximum absolute atomic E-state index is 13.3. The first-order valence-electron chi connectivity index (χ1n) is 9.20. The van der Waals surface area contributed by atoms with Crippen LogP contribution in [0.4, 0.5) is 4.39 Å². The van der Waals surface area contributed by atoms with Gasteiger partial charge in [0.1, 0.15) is 11.5 Å². The average molecular weight is 386 g/mol. The molecule has 1 N–H and O–H groups in total. The summed E-state index contributed by atoms with van der Waals surface area (Å²) in [6.45, 7) is 2.35. The summed E-state index contributed by atoms with van der Waals surface area (Å²) in [5, 5.41) is 7.54. The Hall–Kier alpha value is -3.80. The largest absolute Gasteiger partial charge is 0.348 e. The number of amides is 1. The Morgan fingerprint density at radius 1 is 1.10 bits per heavy atom. The lowest BCUT2D eigenvalue weighted by atomic mass is 10.1. The van der Waals surface area contributed by atoms with Gasteiger partial charge >= 0.3 is 0 Å². The highest BCUT2D eigenvalue weighted by Crippen LogP contribution is 2.25. The van der Waals surface area contributed by atoms with E-state index >= 15 is 0 Å². The molecule has 0 aliphatic carbocycles. The minimum atomic E-state index is -0.325. The van der Waals surface area contributed by atoms with Gasteiger partial charge in [0, 0.05) is 30.7 Å². The summed E-state index contributed by atoms with van der Waals surface area (Å²) in [5.74, 6) is -0.562. The first-order valence-corrected chi connectivity index (χ1v) is 9.20. The molecule has 4 rings (SSSR count). The van der Waals surface area contributed by atoms with Gasteiger partial charge in [-0.25, -0.2) is 9.07 Å². The minimum absolute atomic E-state index is 0.237. The smallest absolute Gasteiger partial charge is 0.255 e. The van der Waals surface area contributed by atoms with Crippen LogP contribution in [0.1, 0.15) is 21.5 Å². The number of halogens is 1. The van der Waals surface area contributed by atoms with E-state index in [2.05, 4.69) is 15.4 Å². The van der Waals surface area contributed by atoms with Gasteiger partial charge < -0.3 is 5.32 Å². The topological polar surface area (TPSA) is 59.8 Å². The lowest BCUT2D eigenvalue weighted by molar-refractivity contribution is 0.0951. The van der Waals surface area contributed by atoms with Crippen LogP contribution in [0.3, 0.4) is 0 Å². The van der Waals surface area contributed by atoms with E-state index in [0.717, 1.165) is 16.7 Å². The van der Waals surface area contributed by atoms with E-state index in [4.69, 9.17) is 0 Å². The van der Waals surface area contributed by atoms with Crippen LogP contribution in [0.15, 0.2) is 79.3 Å². The number of aromatic nitrogens is 3. The second-order valence-electron chi connectivity index (χ2n) is 6.73. The number of rotatable bonds is 5. The van der Waals surface area contributed by atoms with Crippen molar-refractivity contribution in [2.24, 2.45) is 0 Å². The number of carbonyl (C=O) groups excluding carboxylic acids is 1. The fourth-order valence-corrected chi connectivity index (χ4v) is 3.05. The summed E-state index contributed by atoms with van der Waals surface area (Å²) < 4.78 is 14.9. The molecule has 0 unspecified atom stereocenters. The summed E-state index contributed by atoms with van der Waals surface area (Å²) in [6, 6.07) is 17.5. The molecule has 2 aromatic carbocycles. The van der Waals surface area contributed by atoms with Crippen molar-refractivity contribution in [3.8, 4) is 16.9 Å². The van der Waals surface area contributed by atoms with Crippen LogP contribution in [-0.2, 0) is 6.54 Å². The van der Waals surface area contributed by atoms with E-state index in [9.17, 15) is 9.18 Å². The predicted octanol–water partition coefficient (Wildman–Crippen LogP) is 4.31. The number of benzene rings is 2. The summed E-state index contributed by atoms with van der Waals surface area (Å²) in [4.78, 5) is 17.0. The SMILES string of the molecule is Cc1cccc(-c2nn(-c3ccc(F)cc3)cc2C(=O)NCc2cccnc2)c1. The standard InChI is InChI=1S/C23H19FN4O/c1-16-4-2-6-18(12-16)22-21(23(29)26-14-17-5-3-11-25-13-17)15-28(27-22)20-9-7-19(24)8-10-20/h2-13,15H,14H2,1H3,(H,26,29). The van der Waals surface area contributed by atoms with Crippen LogP contribution in [0.5, 0.6) is 0 Å². The zero-order valence-electron chi connectivity index (χ0n) is 15.8.